The molecule has 0 bridgehead atoms. The van der Waals surface area contributed by atoms with Gasteiger partial charge in [-0.1, -0.05) is 11.8 Å². The van der Waals surface area contributed by atoms with Crippen LogP contribution in [0.5, 0.6) is 0 Å². The minimum absolute atomic E-state index is 0.301. The summed E-state index contributed by atoms with van der Waals surface area (Å²) in [5.74, 6) is -0.0642. The maximum Gasteiger partial charge on any atom is 0.256 e. The predicted molar refractivity (Wildman–Crippen MR) is 50.7 cm³/mol. The average molecular weight is 215 g/mol. The summed E-state index contributed by atoms with van der Waals surface area (Å²) in [5, 5.41) is 0.378. The fraction of sp³-hybridized carbons (Fsp3) is 0.222. The van der Waals surface area contributed by atoms with Gasteiger partial charge in [-0.15, -0.1) is 0 Å². The third-order valence-electron chi connectivity index (χ3n) is 1.63. The van der Waals surface area contributed by atoms with Crippen molar-refractivity contribution in [3.05, 3.63) is 24.0 Å². The zero-order chi connectivity index (χ0) is 9.97. The zero-order valence-electron chi connectivity index (χ0n) is 7.17. The van der Waals surface area contributed by atoms with Gasteiger partial charge in [-0.25, -0.2) is 9.37 Å². The Morgan fingerprint density at radius 1 is 1.43 bits per heavy atom. The lowest BCUT2D eigenvalue weighted by atomic mass is 10.3. The van der Waals surface area contributed by atoms with Crippen molar-refractivity contribution in [2.45, 2.75) is 5.22 Å². The normalized spacial score (nSPS) is 11.0. The number of benzene rings is 1. The molecule has 0 fully saturated rings. The molecule has 2 nitrogen and oxygen atoms in total. The summed E-state index contributed by atoms with van der Waals surface area (Å²) in [5.41, 5.74) is 0.985. The summed E-state index contributed by atoms with van der Waals surface area (Å²) in [6, 6.07) is 4.12. The molecular weight excluding hydrogens is 208 g/mol. The van der Waals surface area contributed by atoms with E-state index < -0.39 is 6.67 Å². The van der Waals surface area contributed by atoms with Crippen LogP contribution in [0.2, 0.25) is 0 Å². The Labute approximate surface area is 83.3 Å². The van der Waals surface area contributed by atoms with Crippen LogP contribution in [0.25, 0.3) is 11.1 Å². The number of thioether (sulfide) groups is 1. The number of alkyl halides is 1. The lowest BCUT2D eigenvalue weighted by Gasteiger charge is -1.87. The third-order valence-corrected chi connectivity index (χ3v) is 2.41. The summed E-state index contributed by atoms with van der Waals surface area (Å²) in [4.78, 5) is 4.05. The van der Waals surface area contributed by atoms with Crippen LogP contribution in [0, 0.1) is 5.82 Å². The molecule has 0 aliphatic heterocycles. The molecule has 14 heavy (non-hydrogen) atoms. The predicted octanol–water partition coefficient (Wildman–Crippen LogP) is 3.03. The summed E-state index contributed by atoms with van der Waals surface area (Å²) in [6.07, 6.45) is 0. The molecule has 0 spiro atoms. The maximum atomic E-state index is 12.7. The fourth-order valence-electron chi connectivity index (χ4n) is 1.06. The molecule has 2 rings (SSSR count). The van der Waals surface area contributed by atoms with E-state index in [0.29, 0.717) is 22.1 Å². The van der Waals surface area contributed by atoms with Crippen molar-refractivity contribution in [2.75, 3.05) is 12.4 Å². The number of hydrogen-bond acceptors (Lipinski definition) is 3. The number of halogens is 2. The Hall–Kier alpha value is -1.10. The van der Waals surface area contributed by atoms with E-state index in [-0.39, 0.29) is 5.82 Å². The number of nitrogens with zero attached hydrogens (tertiary/aromatic N) is 1. The van der Waals surface area contributed by atoms with Crippen LogP contribution in [0.15, 0.2) is 27.8 Å². The molecule has 1 heterocycles. The number of fused-ring (bicyclic) bond motifs is 1. The van der Waals surface area contributed by atoms with Crippen molar-refractivity contribution >= 4 is 22.9 Å². The first-order valence-electron chi connectivity index (χ1n) is 4.04. The van der Waals surface area contributed by atoms with Crippen LogP contribution >= 0.6 is 11.8 Å². The van der Waals surface area contributed by atoms with Gasteiger partial charge in [0.25, 0.3) is 5.22 Å². The van der Waals surface area contributed by atoms with E-state index in [1.54, 1.807) is 0 Å². The Balaban J connectivity index is 2.32. The second-order valence-corrected chi connectivity index (χ2v) is 3.68. The molecule has 0 N–H and O–H groups in total. The molecule has 5 heteroatoms. The van der Waals surface area contributed by atoms with Gasteiger partial charge in [0.15, 0.2) is 5.58 Å². The molecule has 0 saturated heterocycles. The van der Waals surface area contributed by atoms with Crippen LogP contribution < -0.4 is 0 Å². The highest BCUT2D eigenvalue weighted by molar-refractivity contribution is 7.99. The molecule has 0 unspecified atom stereocenters. The van der Waals surface area contributed by atoms with E-state index >= 15 is 0 Å². The molecule has 74 valence electrons. The second-order valence-electron chi connectivity index (χ2n) is 2.63. The molecule has 0 aliphatic rings. The maximum absolute atomic E-state index is 12.7. The van der Waals surface area contributed by atoms with Crippen molar-refractivity contribution in [1.82, 2.24) is 4.98 Å². The summed E-state index contributed by atoms with van der Waals surface area (Å²) >= 11 is 1.18. The zero-order valence-corrected chi connectivity index (χ0v) is 7.98. The topological polar surface area (TPSA) is 26.0 Å². The third kappa shape index (κ3) is 1.87. The van der Waals surface area contributed by atoms with Crippen molar-refractivity contribution in [3.8, 4) is 0 Å². The molecule has 0 saturated carbocycles. The first-order valence-corrected chi connectivity index (χ1v) is 5.03. The standard InChI is InChI=1S/C9H7F2NOS/c10-3-4-14-9-12-7-2-1-6(11)5-8(7)13-9/h1-2,5H,3-4H2. The van der Waals surface area contributed by atoms with Gasteiger partial charge in [0.1, 0.15) is 11.3 Å². The molecule has 2 aromatic rings. The monoisotopic (exact) mass is 215 g/mol. The van der Waals surface area contributed by atoms with Crippen molar-refractivity contribution in [1.29, 1.82) is 0 Å². The van der Waals surface area contributed by atoms with E-state index in [2.05, 4.69) is 4.98 Å². The first-order chi connectivity index (χ1) is 6.79. The molecule has 0 aliphatic carbocycles. The first kappa shape index (κ1) is 9.45. The Morgan fingerprint density at radius 2 is 2.29 bits per heavy atom. The summed E-state index contributed by atoms with van der Waals surface area (Å²) < 4.78 is 29.8. The van der Waals surface area contributed by atoms with Gasteiger partial charge in [0, 0.05) is 11.8 Å². The number of rotatable bonds is 3. The van der Waals surface area contributed by atoms with Gasteiger partial charge in [-0.05, 0) is 12.1 Å². The van der Waals surface area contributed by atoms with Crippen LogP contribution in [-0.4, -0.2) is 17.4 Å². The second kappa shape index (κ2) is 3.96. The largest absolute Gasteiger partial charge is 0.431 e. The Morgan fingerprint density at radius 3 is 3.07 bits per heavy atom. The van der Waals surface area contributed by atoms with Crippen LogP contribution in [-0.2, 0) is 0 Å². The SMILES string of the molecule is FCCSc1nc2ccc(F)cc2o1. The molecule has 0 amide bonds. The van der Waals surface area contributed by atoms with Gasteiger partial charge in [0.2, 0.25) is 0 Å². The van der Waals surface area contributed by atoms with Gasteiger partial charge in [-0.2, -0.15) is 0 Å². The molecule has 0 atom stereocenters. The smallest absolute Gasteiger partial charge is 0.256 e. The van der Waals surface area contributed by atoms with Crippen LogP contribution in [0.4, 0.5) is 8.78 Å². The van der Waals surface area contributed by atoms with E-state index in [1.165, 1.54) is 30.0 Å². The lowest BCUT2D eigenvalue weighted by Crippen LogP contribution is -1.79. The van der Waals surface area contributed by atoms with Crippen molar-refractivity contribution in [2.24, 2.45) is 0 Å². The molecular formula is C9H7F2NOS. The van der Waals surface area contributed by atoms with Gasteiger partial charge >= 0.3 is 0 Å². The molecule has 1 aromatic heterocycles. The van der Waals surface area contributed by atoms with E-state index in [9.17, 15) is 8.78 Å². The van der Waals surface area contributed by atoms with Crippen LogP contribution in [0.3, 0.4) is 0 Å². The fourth-order valence-corrected chi connectivity index (χ4v) is 1.63. The van der Waals surface area contributed by atoms with Crippen molar-refractivity contribution < 1.29 is 13.2 Å². The van der Waals surface area contributed by atoms with Gasteiger partial charge < -0.3 is 4.42 Å². The highest BCUT2D eigenvalue weighted by Gasteiger charge is 2.06. The van der Waals surface area contributed by atoms with Crippen molar-refractivity contribution in [3.63, 3.8) is 0 Å². The molecule has 1 aromatic carbocycles. The van der Waals surface area contributed by atoms with Gasteiger partial charge in [-0.3, -0.25) is 4.39 Å². The van der Waals surface area contributed by atoms with Crippen LogP contribution in [0.1, 0.15) is 0 Å². The lowest BCUT2D eigenvalue weighted by molar-refractivity contribution is 0.484. The summed E-state index contributed by atoms with van der Waals surface area (Å²) in [6.45, 7) is -0.433. The van der Waals surface area contributed by atoms with Gasteiger partial charge in [0.05, 0.1) is 6.67 Å². The van der Waals surface area contributed by atoms with E-state index in [1.807, 2.05) is 0 Å². The Kier molecular flexibility index (Phi) is 2.67. The highest BCUT2D eigenvalue weighted by atomic mass is 32.2. The summed E-state index contributed by atoms with van der Waals surface area (Å²) in [7, 11) is 0. The highest BCUT2D eigenvalue weighted by Crippen LogP contribution is 2.23. The van der Waals surface area contributed by atoms with E-state index in [0.717, 1.165) is 0 Å². The average Bonchev–Trinajstić information content (AvgIpc) is 2.56. The van der Waals surface area contributed by atoms with E-state index in [4.69, 9.17) is 4.42 Å². The number of hydrogen-bond donors (Lipinski definition) is 0. The quantitative estimate of drug-likeness (QED) is 0.736. The number of oxazole rings is 1. The minimum atomic E-state index is -0.433. The number of aromatic nitrogens is 1. The molecule has 0 radical (unpaired) electrons. The minimum Gasteiger partial charge on any atom is -0.431 e. The Bertz CT molecular complexity index is 443.